The normalized spacial score (nSPS) is 10.0. The molecule has 0 saturated carbocycles. The second-order valence-corrected chi connectivity index (χ2v) is 2.97. The third-order valence-corrected chi connectivity index (χ3v) is 1.82. The average Bonchev–Trinajstić information content (AvgIpc) is 2.22. The molecule has 0 heterocycles. The Labute approximate surface area is 86.6 Å². The highest BCUT2D eigenvalue weighted by molar-refractivity contribution is 5.97. The van der Waals surface area contributed by atoms with Crippen molar-refractivity contribution in [1.82, 2.24) is 5.32 Å². The summed E-state index contributed by atoms with van der Waals surface area (Å²) in [6.07, 6.45) is 1.61. The zero-order valence-electron chi connectivity index (χ0n) is 8.09. The first-order valence-corrected chi connectivity index (χ1v) is 4.45. The maximum atomic E-state index is 12.8. The molecule has 0 bridgehead atoms. The number of hydrogen-bond donors (Lipinski definition) is 1. The van der Waals surface area contributed by atoms with Gasteiger partial charge in [0, 0.05) is 12.1 Å². The van der Waals surface area contributed by atoms with Crippen LogP contribution in [0.15, 0.2) is 30.9 Å². The molecule has 0 aromatic heterocycles. The molecule has 1 aromatic carbocycles. The minimum Gasteiger partial charge on any atom is -0.306 e. The molecule has 1 rings (SSSR count). The fourth-order valence-electron chi connectivity index (χ4n) is 1.06. The Morgan fingerprint density at radius 1 is 1.40 bits per heavy atom. The summed E-state index contributed by atoms with van der Waals surface area (Å²) in [5, 5.41) is 2.78. The van der Waals surface area contributed by atoms with Crippen LogP contribution in [-0.4, -0.2) is 18.9 Å². The smallest absolute Gasteiger partial charge is 0.176 e. The zero-order valence-corrected chi connectivity index (χ0v) is 8.09. The zero-order chi connectivity index (χ0) is 11.3. The van der Waals surface area contributed by atoms with Crippen molar-refractivity contribution >= 4 is 5.78 Å². The monoisotopic (exact) mass is 211 g/mol. The van der Waals surface area contributed by atoms with Gasteiger partial charge in [-0.25, -0.2) is 8.78 Å². The Balaban J connectivity index is 2.65. The molecule has 0 fully saturated rings. The lowest BCUT2D eigenvalue weighted by atomic mass is 10.1. The first-order chi connectivity index (χ1) is 7.15. The second-order valence-electron chi connectivity index (χ2n) is 2.97. The van der Waals surface area contributed by atoms with Crippen LogP contribution in [-0.2, 0) is 0 Å². The Morgan fingerprint density at radius 2 is 2.13 bits per heavy atom. The summed E-state index contributed by atoms with van der Waals surface area (Å²) < 4.78 is 25.3. The van der Waals surface area contributed by atoms with Gasteiger partial charge in [-0.1, -0.05) is 6.08 Å². The van der Waals surface area contributed by atoms with E-state index >= 15 is 0 Å². The summed E-state index contributed by atoms with van der Waals surface area (Å²) in [5.74, 6) is -2.24. The molecule has 1 N–H and O–H groups in total. The van der Waals surface area contributed by atoms with E-state index in [1.165, 1.54) is 6.07 Å². The predicted octanol–water partition coefficient (Wildman–Crippen LogP) is 1.92. The van der Waals surface area contributed by atoms with Crippen molar-refractivity contribution in [3.8, 4) is 0 Å². The van der Waals surface area contributed by atoms with Crippen LogP contribution in [0.2, 0.25) is 0 Å². The number of benzene rings is 1. The molecule has 0 spiro atoms. The van der Waals surface area contributed by atoms with Crippen LogP contribution in [0.25, 0.3) is 0 Å². The average molecular weight is 211 g/mol. The van der Waals surface area contributed by atoms with Gasteiger partial charge in [-0.2, -0.15) is 0 Å². The van der Waals surface area contributed by atoms with E-state index in [2.05, 4.69) is 11.9 Å². The fraction of sp³-hybridized carbons (Fsp3) is 0.182. The molecule has 15 heavy (non-hydrogen) atoms. The number of hydrogen-bond acceptors (Lipinski definition) is 2. The van der Waals surface area contributed by atoms with E-state index in [1.54, 1.807) is 6.08 Å². The number of Topliss-reactive ketones (excluding diaryl/α,β-unsaturated/α-hetero) is 1. The van der Waals surface area contributed by atoms with E-state index < -0.39 is 11.6 Å². The van der Waals surface area contributed by atoms with Gasteiger partial charge in [0.2, 0.25) is 0 Å². The van der Waals surface area contributed by atoms with Crippen molar-refractivity contribution < 1.29 is 13.6 Å². The van der Waals surface area contributed by atoms with Crippen molar-refractivity contribution in [3.63, 3.8) is 0 Å². The van der Waals surface area contributed by atoms with Crippen molar-refractivity contribution in [2.45, 2.75) is 0 Å². The molecule has 0 radical (unpaired) electrons. The van der Waals surface area contributed by atoms with Crippen LogP contribution in [0.5, 0.6) is 0 Å². The standard InChI is InChI=1S/C11H11F2NO/c1-2-5-14-7-11(15)8-3-4-9(12)10(13)6-8/h2-4,6,14H,1,5,7H2. The number of carbonyl (C=O) groups excluding carboxylic acids is 1. The fourth-order valence-corrected chi connectivity index (χ4v) is 1.06. The van der Waals surface area contributed by atoms with Crippen LogP contribution >= 0.6 is 0 Å². The van der Waals surface area contributed by atoms with Crippen LogP contribution in [0.3, 0.4) is 0 Å². The van der Waals surface area contributed by atoms with Crippen molar-refractivity contribution in [2.24, 2.45) is 0 Å². The van der Waals surface area contributed by atoms with E-state index in [-0.39, 0.29) is 17.9 Å². The molecular formula is C11H11F2NO. The SMILES string of the molecule is C=CCNCC(=O)c1ccc(F)c(F)c1. The lowest BCUT2D eigenvalue weighted by Crippen LogP contribution is -2.23. The summed E-state index contributed by atoms with van der Waals surface area (Å²) in [5.41, 5.74) is 0.158. The second kappa shape index (κ2) is 5.36. The topological polar surface area (TPSA) is 29.1 Å². The summed E-state index contributed by atoms with van der Waals surface area (Å²) in [6.45, 7) is 4.05. The molecule has 80 valence electrons. The molecule has 0 atom stereocenters. The molecule has 4 heteroatoms. The van der Waals surface area contributed by atoms with Gasteiger partial charge in [-0.05, 0) is 18.2 Å². The summed E-state index contributed by atoms with van der Waals surface area (Å²) in [6, 6.07) is 3.10. The summed E-state index contributed by atoms with van der Waals surface area (Å²) in [7, 11) is 0. The number of nitrogens with one attached hydrogen (secondary N) is 1. The molecule has 2 nitrogen and oxygen atoms in total. The van der Waals surface area contributed by atoms with Gasteiger partial charge in [0.15, 0.2) is 17.4 Å². The van der Waals surface area contributed by atoms with Crippen molar-refractivity contribution in [2.75, 3.05) is 13.1 Å². The highest BCUT2D eigenvalue weighted by atomic mass is 19.2. The molecule has 0 amide bonds. The number of ketones is 1. The van der Waals surface area contributed by atoms with Crippen molar-refractivity contribution in [3.05, 3.63) is 48.1 Å². The Kier molecular flexibility index (Phi) is 4.12. The minimum absolute atomic E-state index is 0.0804. The maximum Gasteiger partial charge on any atom is 0.176 e. The van der Waals surface area contributed by atoms with Gasteiger partial charge in [-0.15, -0.1) is 6.58 Å². The lowest BCUT2D eigenvalue weighted by molar-refractivity contribution is 0.0992. The highest BCUT2D eigenvalue weighted by Crippen LogP contribution is 2.08. The Bertz CT molecular complexity index is 377. The Morgan fingerprint density at radius 3 is 2.73 bits per heavy atom. The first-order valence-electron chi connectivity index (χ1n) is 4.45. The quantitative estimate of drug-likeness (QED) is 0.458. The van der Waals surface area contributed by atoms with Gasteiger partial charge >= 0.3 is 0 Å². The van der Waals surface area contributed by atoms with Gasteiger partial charge < -0.3 is 5.32 Å². The van der Waals surface area contributed by atoms with Crippen LogP contribution in [0.1, 0.15) is 10.4 Å². The van der Waals surface area contributed by atoms with E-state index in [1.807, 2.05) is 0 Å². The van der Waals surface area contributed by atoms with Crippen LogP contribution in [0, 0.1) is 11.6 Å². The molecule has 0 aliphatic carbocycles. The van der Waals surface area contributed by atoms with E-state index in [4.69, 9.17) is 0 Å². The minimum atomic E-state index is -1.01. The molecule has 0 unspecified atom stereocenters. The molecule has 0 aliphatic heterocycles. The van der Waals surface area contributed by atoms with Gasteiger partial charge in [0.05, 0.1) is 6.54 Å². The van der Waals surface area contributed by atoms with E-state index in [0.29, 0.717) is 6.54 Å². The maximum absolute atomic E-state index is 12.8. The number of carbonyl (C=O) groups is 1. The molecule has 0 saturated heterocycles. The van der Waals surface area contributed by atoms with E-state index in [0.717, 1.165) is 12.1 Å². The number of halogens is 2. The molecule has 1 aromatic rings. The van der Waals surface area contributed by atoms with Gasteiger partial charge in [0.25, 0.3) is 0 Å². The third kappa shape index (κ3) is 3.25. The predicted molar refractivity (Wildman–Crippen MR) is 53.8 cm³/mol. The number of rotatable bonds is 5. The highest BCUT2D eigenvalue weighted by Gasteiger charge is 2.08. The molecular weight excluding hydrogens is 200 g/mol. The lowest BCUT2D eigenvalue weighted by Gasteiger charge is -2.02. The van der Waals surface area contributed by atoms with Gasteiger partial charge in [-0.3, -0.25) is 4.79 Å². The van der Waals surface area contributed by atoms with Crippen molar-refractivity contribution in [1.29, 1.82) is 0 Å². The van der Waals surface area contributed by atoms with Crippen LogP contribution in [0.4, 0.5) is 8.78 Å². The first kappa shape index (κ1) is 11.5. The van der Waals surface area contributed by atoms with Crippen LogP contribution < -0.4 is 5.32 Å². The summed E-state index contributed by atoms with van der Waals surface area (Å²) in [4.78, 5) is 11.4. The Hall–Kier alpha value is -1.55. The molecule has 0 aliphatic rings. The third-order valence-electron chi connectivity index (χ3n) is 1.82. The largest absolute Gasteiger partial charge is 0.306 e. The van der Waals surface area contributed by atoms with Gasteiger partial charge in [0.1, 0.15) is 0 Å². The summed E-state index contributed by atoms with van der Waals surface area (Å²) >= 11 is 0. The van der Waals surface area contributed by atoms with E-state index in [9.17, 15) is 13.6 Å².